The van der Waals surface area contributed by atoms with Crippen molar-refractivity contribution in [3.63, 3.8) is 0 Å². The molecule has 0 atom stereocenters. The van der Waals surface area contributed by atoms with Gasteiger partial charge in [0.2, 0.25) is 0 Å². The van der Waals surface area contributed by atoms with Crippen LogP contribution in [-0.2, 0) is 11.3 Å². The molecular weight excluding hydrogens is 352 g/mol. The molecule has 26 heavy (non-hydrogen) atoms. The Morgan fingerprint density at radius 2 is 1.73 bits per heavy atom. The summed E-state index contributed by atoms with van der Waals surface area (Å²) in [5.74, 6) is 1.31. The lowest BCUT2D eigenvalue weighted by molar-refractivity contribution is 0.0981. The smallest absolute Gasteiger partial charge is 0.142 e. The van der Waals surface area contributed by atoms with Crippen LogP contribution in [-0.4, -0.2) is 32.0 Å². The predicted molar refractivity (Wildman–Crippen MR) is 107 cm³/mol. The first-order valence-corrected chi connectivity index (χ1v) is 8.85. The molecule has 0 aliphatic carbocycles. The molecule has 0 heterocycles. The zero-order valence-electron chi connectivity index (χ0n) is 14.8. The molecule has 1 N–H and O–H groups in total. The van der Waals surface area contributed by atoms with Gasteiger partial charge in [0.15, 0.2) is 0 Å². The molecule has 2 aromatic rings. The predicted octanol–water partition coefficient (Wildman–Crippen LogP) is 5.34. The zero-order chi connectivity index (χ0) is 18.1. The number of ether oxygens (including phenoxy) is 3. The Kier molecular flexibility index (Phi) is 10.1. The van der Waals surface area contributed by atoms with Gasteiger partial charge in [0.25, 0.3) is 0 Å². The maximum Gasteiger partial charge on any atom is 0.142 e. The maximum absolute atomic E-state index is 9.49. The second-order valence-corrected chi connectivity index (χ2v) is 6.05. The minimum absolute atomic E-state index is 0. The van der Waals surface area contributed by atoms with Crippen LogP contribution < -0.4 is 9.47 Å². The highest BCUT2D eigenvalue weighted by atomic mass is 35.5. The Balaban J connectivity index is 0.00000338. The number of methoxy groups -OCH3 is 1. The molecule has 0 amide bonds. The molecule has 4 nitrogen and oxygen atoms in total. The van der Waals surface area contributed by atoms with E-state index in [1.807, 2.05) is 36.4 Å². The standard InChI is InChI=1S/C20H25ClO4.CH4/c1-3-4-9-24-10-11-25-18-7-5-15(6-8-18)16-12-17(14-22)20(23-2)19(21)13-16;/h5-8,12-13,22H,3-4,9-11,14H2,1-2H3;1H4. The van der Waals surface area contributed by atoms with Crippen LogP contribution in [0.5, 0.6) is 11.5 Å². The number of hydrogen-bond donors (Lipinski definition) is 1. The van der Waals surface area contributed by atoms with E-state index in [1.165, 1.54) is 7.11 Å². The lowest BCUT2D eigenvalue weighted by atomic mass is 10.0. The minimum atomic E-state index is -0.129. The molecule has 0 fully saturated rings. The van der Waals surface area contributed by atoms with Gasteiger partial charge < -0.3 is 19.3 Å². The van der Waals surface area contributed by atoms with Crippen LogP contribution in [0.2, 0.25) is 5.02 Å². The molecule has 0 unspecified atom stereocenters. The molecule has 0 bridgehead atoms. The second kappa shape index (κ2) is 11.8. The lowest BCUT2D eigenvalue weighted by Gasteiger charge is -2.12. The maximum atomic E-state index is 9.49. The highest BCUT2D eigenvalue weighted by Crippen LogP contribution is 2.34. The minimum Gasteiger partial charge on any atom is -0.495 e. The fraction of sp³-hybridized carbons (Fsp3) is 0.429. The number of aliphatic hydroxyl groups is 1. The van der Waals surface area contributed by atoms with Gasteiger partial charge in [-0.15, -0.1) is 0 Å². The van der Waals surface area contributed by atoms with Crippen molar-refractivity contribution in [2.75, 3.05) is 26.9 Å². The van der Waals surface area contributed by atoms with Gasteiger partial charge in [-0.25, -0.2) is 0 Å². The van der Waals surface area contributed by atoms with Gasteiger partial charge in [0.1, 0.15) is 18.1 Å². The highest BCUT2D eigenvalue weighted by Gasteiger charge is 2.11. The topological polar surface area (TPSA) is 47.9 Å². The van der Waals surface area contributed by atoms with E-state index < -0.39 is 0 Å². The van der Waals surface area contributed by atoms with Crippen LogP contribution in [0.1, 0.15) is 32.8 Å². The van der Waals surface area contributed by atoms with Crippen LogP contribution in [0.4, 0.5) is 0 Å². The van der Waals surface area contributed by atoms with E-state index in [9.17, 15) is 5.11 Å². The number of hydrogen-bond acceptors (Lipinski definition) is 4. The fourth-order valence-electron chi connectivity index (χ4n) is 2.47. The van der Waals surface area contributed by atoms with Crippen molar-refractivity contribution < 1.29 is 19.3 Å². The summed E-state index contributed by atoms with van der Waals surface area (Å²) in [6.45, 7) is 3.92. The molecule has 144 valence electrons. The molecule has 0 aliphatic heterocycles. The highest BCUT2D eigenvalue weighted by molar-refractivity contribution is 6.32. The second-order valence-electron chi connectivity index (χ2n) is 5.65. The molecule has 0 aromatic heterocycles. The van der Waals surface area contributed by atoms with Crippen LogP contribution in [0, 0.1) is 0 Å². The van der Waals surface area contributed by atoms with E-state index in [1.54, 1.807) is 0 Å². The summed E-state index contributed by atoms with van der Waals surface area (Å²) in [5, 5.41) is 9.97. The summed E-state index contributed by atoms with van der Waals surface area (Å²) in [4.78, 5) is 0. The van der Waals surface area contributed by atoms with Crippen LogP contribution in [0.3, 0.4) is 0 Å². The van der Waals surface area contributed by atoms with Crippen LogP contribution >= 0.6 is 11.6 Å². The Morgan fingerprint density at radius 1 is 1.00 bits per heavy atom. The Bertz CT molecular complexity index is 656. The van der Waals surface area contributed by atoms with Crippen LogP contribution in [0.15, 0.2) is 36.4 Å². The Hall–Kier alpha value is -1.75. The molecule has 0 radical (unpaired) electrons. The number of benzene rings is 2. The van der Waals surface area contributed by atoms with E-state index in [0.717, 1.165) is 36.3 Å². The van der Waals surface area contributed by atoms with E-state index in [-0.39, 0.29) is 14.0 Å². The van der Waals surface area contributed by atoms with Crippen molar-refractivity contribution in [2.24, 2.45) is 0 Å². The van der Waals surface area contributed by atoms with Gasteiger partial charge in [-0.2, -0.15) is 0 Å². The molecule has 0 aliphatic rings. The van der Waals surface area contributed by atoms with Gasteiger partial charge in [0, 0.05) is 12.2 Å². The summed E-state index contributed by atoms with van der Waals surface area (Å²) >= 11 is 6.24. The number of halogens is 1. The molecule has 5 heteroatoms. The largest absolute Gasteiger partial charge is 0.495 e. The van der Waals surface area contributed by atoms with Crippen molar-refractivity contribution in [1.82, 2.24) is 0 Å². The van der Waals surface area contributed by atoms with E-state index in [4.69, 9.17) is 25.8 Å². The van der Waals surface area contributed by atoms with Crippen molar-refractivity contribution in [3.8, 4) is 22.6 Å². The van der Waals surface area contributed by atoms with Crippen molar-refractivity contribution >= 4 is 11.6 Å². The van der Waals surface area contributed by atoms with Gasteiger partial charge in [-0.05, 0) is 41.8 Å². The summed E-state index contributed by atoms with van der Waals surface area (Å²) in [6.07, 6.45) is 2.21. The zero-order valence-corrected chi connectivity index (χ0v) is 15.5. The first kappa shape index (κ1) is 22.3. The van der Waals surface area contributed by atoms with E-state index in [0.29, 0.717) is 29.5 Å². The molecule has 2 aromatic carbocycles. The van der Waals surface area contributed by atoms with Gasteiger partial charge in [0.05, 0.1) is 25.3 Å². The normalized spacial score (nSPS) is 10.3. The fourth-order valence-corrected chi connectivity index (χ4v) is 2.79. The summed E-state index contributed by atoms with van der Waals surface area (Å²) < 4.78 is 16.4. The number of rotatable bonds is 10. The lowest BCUT2D eigenvalue weighted by Crippen LogP contribution is -2.07. The molecule has 2 rings (SSSR count). The monoisotopic (exact) mass is 380 g/mol. The quantitative estimate of drug-likeness (QED) is 0.565. The SMILES string of the molecule is C.CCCCOCCOc1ccc(-c2cc(Cl)c(OC)c(CO)c2)cc1. The van der Waals surface area contributed by atoms with Gasteiger partial charge in [-0.3, -0.25) is 0 Å². The number of unbranched alkanes of at least 4 members (excludes halogenated alkanes) is 1. The van der Waals surface area contributed by atoms with Crippen LogP contribution in [0.25, 0.3) is 11.1 Å². The summed E-state index contributed by atoms with van der Waals surface area (Å²) in [7, 11) is 1.54. The Labute approximate surface area is 161 Å². The first-order valence-electron chi connectivity index (χ1n) is 8.47. The third kappa shape index (κ3) is 6.20. The number of aliphatic hydroxyl groups excluding tert-OH is 1. The molecule has 0 saturated carbocycles. The summed E-state index contributed by atoms with van der Waals surface area (Å²) in [6, 6.07) is 11.5. The van der Waals surface area contributed by atoms with Crippen molar-refractivity contribution in [1.29, 1.82) is 0 Å². The Morgan fingerprint density at radius 3 is 2.35 bits per heavy atom. The molecule has 0 saturated heterocycles. The third-order valence-corrected chi connectivity index (χ3v) is 4.10. The molecule has 0 spiro atoms. The first-order chi connectivity index (χ1) is 12.2. The van der Waals surface area contributed by atoms with E-state index >= 15 is 0 Å². The van der Waals surface area contributed by atoms with Gasteiger partial charge in [-0.1, -0.05) is 44.5 Å². The van der Waals surface area contributed by atoms with E-state index in [2.05, 4.69) is 6.92 Å². The van der Waals surface area contributed by atoms with Crippen molar-refractivity contribution in [2.45, 2.75) is 33.8 Å². The third-order valence-electron chi connectivity index (χ3n) is 3.82. The summed E-state index contributed by atoms with van der Waals surface area (Å²) in [5.41, 5.74) is 2.57. The van der Waals surface area contributed by atoms with Gasteiger partial charge >= 0.3 is 0 Å². The van der Waals surface area contributed by atoms with Crippen molar-refractivity contribution in [3.05, 3.63) is 47.0 Å². The average Bonchev–Trinajstić information content (AvgIpc) is 2.64. The average molecular weight is 381 g/mol. The molecular formula is C21H29ClO4.